The average Bonchev–Trinajstić information content (AvgIpc) is 2.57. The van der Waals surface area contributed by atoms with Gasteiger partial charge in [0.2, 0.25) is 5.75 Å². The Kier molecular flexibility index (Phi) is 2.82. The van der Waals surface area contributed by atoms with Gasteiger partial charge in [-0.3, -0.25) is 0 Å². The molecule has 1 aliphatic heterocycles. The van der Waals surface area contributed by atoms with Crippen molar-refractivity contribution in [1.29, 1.82) is 0 Å². The first-order chi connectivity index (χ1) is 8.36. The molecule has 5 heteroatoms. The maximum Gasteiger partial charge on any atom is 0.258 e. The predicted molar refractivity (Wildman–Crippen MR) is 64.4 cm³/mol. The van der Waals surface area contributed by atoms with E-state index in [1.807, 2.05) is 4.68 Å². The molecule has 0 atom stereocenters. The van der Waals surface area contributed by atoms with Gasteiger partial charge in [-0.1, -0.05) is 19.3 Å². The second-order valence-corrected chi connectivity index (χ2v) is 4.81. The third kappa shape index (κ3) is 1.94. The molecule has 94 valence electrons. The standard InChI is InChI=1S/C12H19N3O2/c13-11-10-12(17-8-4-7-16-10)15(14-11)9-5-2-1-3-6-9/h9H,1-8H2,(H2,13,14). The Balaban J connectivity index is 1.93. The third-order valence-corrected chi connectivity index (χ3v) is 3.54. The minimum Gasteiger partial charge on any atom is -0.485 e. The summed E-state index contributed by atoms with van der Waals surface area (Å²) in [6.45, 7) is 1.35. The van der Waals surface area contributed by atoms with Crippen molar-refractivity contribution >= 4 is 5.82 Å². The van der Waals surface area contributed by atoms with Crippen LogP contribution in [0.25, 0.3) is 0 Å². The number of nitrogen functional groups attached to an aromatic ring is 1. The topological polar surface area (TPSA) is 62.3 Å². The van der Waals surface area contributed by atoms with Crippen molar-refractivity contribution in [3.63, 3.8) is 0 Å². The van der Waals surface area contributed by atoms with E-state index in [1.165, 1.54) is 19.3 Å². The van der Waals surface area contributed by atoms with E-state index in [0.29, 0.717) is 30.8 Å². The van der Waals surface area contributed by atoms with Gasteiger partial charge in [0.05, 0.1) is 19.3 Å². The molecule has 17 heavy (non-hydrogen) atoms. The van der Waals surface area contributed by atoms with Gasteiger partial charge in [-0.15, -0.1) is 5.10 Å². The molecule has 0 amide bonds. The van der Waals surface area contributed by atoms with Crippen LogP contribution in [0, 0.1) is 0 Å². The van der Waals surface area contributed by atoms with Gasteiger partial charge in [0, 0.05) is 6.42 Å². The maximum atomic E-state index is 5.90. The summed E-state index contributed by atoms with van der Waals surface area (Å²) in [5, 5.41) is 4.40. The van der Waals surface area contributed by atoms with Gasteiger partial charge in [0.15, 0.2) is 5.82 Å². The molecule has 2 heterocycles. The lowest BCUT2D eigenvalue weighted by molar-refractivity contribution is 0.247. The zero-order valence-electron chi connectivity index (χ0n) is 10.0. The van der Waals surface area contributed by atoms with Gasteiger partial charge in [-0.05, 0) is 12.8 Å². The Morgan fingerprint density at radius 3 is 2.65 bits per heavy atom. The van der Waals surface area contributed by atoms with Crippen molar-refractivity contribution in [2.45, 2.75) is 44.6 Å². The van der Waals surface area contributed by atoms with Gasteiger partial charge >= 0.3 is 0 Å². The van der Waals surface area contributed by atoms with Crippen LogP contribution in [0.1, 0.15) is 44.6 Å². The fourth-order valence-electron chi connectivity index (χ4n) is 2.66. The molecule has 2 aliphatic rings. The van der Waals surface area contributed by atoms with Crippen LogP contribution in [-0.2, 0) is 0 Å². The van der Waals surface area contributed by atoms with Crippen LogP contribution in [0.2, 0.25) is 0 Å². The number of rotatable bonds is 1. The summed E-state index contributed by atoms with van der Waals surface area (Å²) in [5.74, 6) is 1.85. The lowest BCUT2D eigenvalue weighted by Crippen LogP contribution is -2.16. The summed E-state index contributed by atoms with van der Waals surface area (Å²) in [7, 11) is 0. The van der Waals surface area contributed by atoms with Crippen molar-refractivity contribution in [1.82, 2.24) is 9.78 Å². The molecule has 0 bridgehead atoms. The number of anilines is 1. The lowest BCUT2D eigenvalue weighted by atomic mass is 9.96. The molecule has 0 saturated heterocycles. The summed E-state index contributed by atoms with van der Waals surface area (Å²) in [5.41, 5.74) is 5.90. The molecular formula is C12H19N3O2. The molecule has 0 radical (unpaired) electrons. The van der Waals surface area contributed by atoms with Crippen LogP contribution in [-0.4, -0.2) is 23.0 Å². The first-order valence-corrected chi connectivity index (χ1v) is 6.50. The summed E-state index contributed by atoms with van der Waals surface area (Å²) in [4.78, 5) is 0. The van der Waals surface area contributed by atoms with Crippen LogP contribution in [0.4, 0.5) is 5.82 Å². The van der Waals surface area contributed by atoms with Gasteiger partial charge in [0.25, 0.3) is 5.88 Å². The monoisotopic (exact) mass is 237 g/mol. The SMILES string of the molecule is Nc1nn(C2CCCCC2)c2c1OCCCO2. The number of ether oxygens (including phenoxy) is 2. The molecule has 0 spiro atoms. The van der Waals surface area contributed by atoms with Crippen molar-refractivity contribution in [3.05, 3.63) is 0 Å². The van der Waals surface area contributed by atoms with E-state index >= 15 is 0 Å². The highest BCUT2D eigenvalue weighted by molar-refractivity contribution is 5.53. The molecule has 3 rings (SSSR count). The molecule has 1 aromatic heterocycles. The number of hydrogen-bond donors (Lipinski definition) is 1. The highest BCUT2D eigenvalue weighted by Gasteiger charge is 2.27. The van der Waals surface area contributed by atoms with Gasteiger partial charge < -0.3 is 15.2 Å². The van der Waals surface area contributed by atoms with Gasteiger partial charge in [-0.25, -0.2) is 4.68 Å². The van der Waals surface area contributed by atoms with Crippen LogP contribution < -0.4 is 15.2 Å². The molecule has 2 N–H and O–H groups in total. The minimum atomic E-state index is 0.427. The summed E-state index contributed by atoms with van der Waals surface area (Å²) in [6.07, 6.45) is 7.08. The number of nitrogens with zero attached hydrogens (tertiary/aromatic N) is 2. The molecule has 1 saturated carbocycles. The molecule has 1 aliphatic carbocycles. The smallest absolute Gasteiger partial charge is 0.258 e. The van der Waals surface area contributed by atoms with E-state index in [1.54, 1.807) is 0 Å². The normalized spacial score (nSPS) is 21.2. The first-order valence-electron chi connectivity index (χ1n) is 6.50. The maximum absolute atomic E-state index is 5.90. The Labute approximate surface area is 101 Å². The Bertz CT molecular complexity index is 397. The second-order valence-electron chi connectivity index (χ2n) is 4.81. The largest absolute Gasteiger partial charge is 0.485 e. The lowest BCUT2D eigenvalue weighted by Gasteiger charge is -2.23. The van der Waals surface area contributed by atoms with Gasteiger partial charge in [0.1, 0.15) is 0 Å². The van der Waals surface area contributed by atoms with E-state index in [2.05, 4.69) is 5.10 Å². The van der Waals surface area contributed by atoms with Crippen LogP contribution >= 0.6 is 0 Å². The summed E-state index contributed by atoms with van der Waals surface area (Å²) in [6, 6.07) is 0.427. The number of fused-ring (bicyclic) bond motifs is 1. The highest BCUT2D eigenvalue weighted by atomic mass is 16.5. The number of nitrogens with two attached hydrogens (primary N) is 1. The fraction of sp³-hybridized carbons (Fsp3) is 0.750. The first kappa shape index (κ1) is 10.7. The van der Waals surface area contributed by atoms with E-state index in [9.17, 15) is 0 Å². The molecular weight excluding hydrogens is 218 g/mol. The summed E-state index contributed by atoms with van der Waals surface area (Å²) >= 11 is 0. The zero-order chi connectivity index (χ0) is 11.7. The predicted octanol–water partition coefficient (Wildman–Crippen LogP) is 2.13. The Hall–Kier alpha value is -1.39. The molecule has 5 nitrogen and oxygen atoms in total. The van der Waals surface area contributed by atoms with Crippen molar-refractivity contribution in [2.75, 3.05) is 18.9 Å². The van der Waals surface area contributed by atoms with E-state index in [4.69, 9.17) is 15.2 Å². The number of hydrogen-bond acceptors (Lipinski definition) is 4. The number of aromatic nitrogens is 2. The van der Waals surface area contributed by atoms with Crippen molar-refractivity contribution in [2.24, 2.45) is 0 Å². The molecule has 1 aromatic rings. The van der Waals surface area contributed by atoms with Gasteiger partial charge in [-0.2, -0.15) is 0 Å². The third-order valence-electron chi connectivity index (χ3n) is 3.54. The Morgan fingerprint density at radius 2 is 1.82 bits per heavy atom. The second kappa shape index (κ2) is 4.47. The fourth-order valence-corrected chi connectivity index (χ4v) is 2.66. The van der Waals surface area contributed by atoms with Crippen LogP contribution in [0.3, 0.4) is 0 Å². The van der Waals surface area contributed by atoms with E-state index < -0.39 is 0 Å². The minimum absolute atomic E-state index is 0.427. The quantitative estimate of drug-likeness (QED) is 0.812. The summed E-state index contributed by atoms with van der Waals surface area (Å²) < 4.78 is 13.3. The Morgan fingerprint density at radius 1 is 1.06 bits per heavy atom. The van der Waals surface area contributed by atoms with E-state index in [0.717, 1.165) is 25.1 Å². The van der Waals surface area contributed by atoms with Crippen molar-refractivity contribution in [3.8, 4) is 11.6 Å². The van der Waals surface area contributed by atoms with E-state index in [-0.39, 0.29) is 0 Å². The molecule has 0 unspecified atom stereocenters. The zero-order valence-corrected chi connectivity index (χ0v) is 10.0. The van der Waals surface area contributed by atoms with Crippen molar-refractivity contribution < 1.29 is 9.47 Å². The average molecular weight is 237 g/mol. The van der Waals surface area contributed by atoms with Crippen LogP contribution in [0.15, 0.2) is 0 Å². The highest BCUT2D eigenvalue weighted by Crippen LogP contribution is 2.40. The molecule has 0 aromatic carbocycles. The van der Waals surface area contributed by atoms with Crippen LogP contribution in [0.5, 0.6) is 11.6 Å². The molecule has 1 fully saturated rings.